The molecule has 2 aliphatic heterocycles. The molecule has 0 aromatic carbocycles. The van der Waals surface area contributed by atoms with Gasteiger partial charge in [0.1, 0.15) is 24.8 Å². The van der Waals surface area contributed by atoms with Gasteiger partial charge in [-0.3, -0.25) is 47.1 Å². The first-order valence-corrected chi connectivity index (χ1v) is 19.6. The Balaban J connectivity index is 2.61. The summed E-state index contributed by atoms with van der Waals surface area (Å²) in [4.78, 5) is 90.4. The van der Waals surface area contributed by atoms with Crippen molar-refractivity contribution >= 4 is 49.4 Å². The van der Waals surface area contributed by atoms with E-state index < -0.39 is 132 Å². The molecular formula is C35H53N2O21P. The topological polar surface area (TPSA) is 283 Å². The smallest absolute Gasteiger partial charge is 0.465 e. The van der Waals surface area contributed by atoms with Crippen molar-refractivity contribution in [3.05, 3.63) is 24.2 Å². The minimum Gasteiger partial charge on any atom is -0.465 e. The fourth-order valence-corrected chi connectivity index (χ4v) is 6.45. The highest BCUT2D eigenvalue weighted by Gasteiger charge is 2.54. The molecule has 0 bridgehead atoms. The maximum Gasteiger partial charge on any atom is 0.474 e. The summed E-state index contributed by atoms with van der Waals surface area (Å²) in [5.41, 5.74) is -4.79. The van der Waals surface area contributed by atoms with Gasteiger partial charge in [-0.25, -0.2) is 4.57 Å². The number of carbonyl (C=O) groups is 7. The third-order valence-corrected chi connectivity index (χ3v) is 9.66. The van der Waals surface area contributed by atoms with Gasteiger partial charge in [-0.05, 0) is 27.7 Å². The number of amides is 1. The minimum atomic E-state index is -5.31. The highest BCUT2D eigenvalue weighted by Crippen LogP contribution is 2.53. The molecule has 2 rings (SSSR count). The van der Waals surface area contributed by atoms with Crippen LogP contribution < -0.4 is 5.32 Å². The first-order valence-electron chi connectivity index (χ1n) is 18.1. The van der Waals surface area contributed by atoms with E-state index in [2.05, 4.69) is 11.9 Å². The van der Waals surface area contributed by atoms with Crippen LogP contribution in [0.2, 0.25) is 0 Å². The highest BCUT2D eigenvalue weighted by molar-refractivity contribution is 7.48. The van der Waals surface area contributed by atoms with Crippen LogP contribution in [0.4, 0.5) is 0 Å². The standard InChI is InChI=1S/C35H53N2O21P/c1-9-50-31(43)34(28(41)15-47-8,16-48-20-53-24(6)38)18-56-59(46,55-14-27-26(40)12-29(58-27)37-13-22(4)30(42)36-23(37)5)57-19-35(32(44)51-10-2,33(45)52-11-3)17-49-21-54-25(7)39/h13,26-27,29,40H,5,9-12,14-21H2,1-4,6-8H3,(H,36,42)/t26?,27-,29-,34?,59?/m1/s1. The van der Waals surface area contributed by atoms with Crippen LogP contribution in [-0.2, 0) is 94.3 Å². The quantitative estimate of drug-likeness (QED) is 0.0282. The van der Waals surface area contributed by atoms with Crippen LogP contribution in [0.25, 0.3) is 0 Å². The van der Waals surface area contributed by atoms with Crippen molar-refractivity contribution < 1.29 is 99.4 Å². The van der Waals surface area contributed by atoms with E-state index in [4.69, 9.17) is 56.2 Å². The number of ether oxygens (including phenoxy) is 9. The third kappa shape index (κ3) is 14.4. The first-order chi connectivity index (χ1) is 27.8. The van der Waals surface area contributed by atoms with E-state index in [9.17, 15) is 43.2 Å². The summed E-state index contributed by atoms with van der Waals surface area (Å²) in [5.74, 6) is -6.66. The van der Waals surface area contributed by atoms with Gasteiger partial charge in [0.05, 0.1) is 59.0 Å². The molecule has 3 unspecified atom stereocenters. The first kappa shape index (κ1) is 50.8. The lowest BCUT2D eigenvalue weighted by atomic mass is 9.85. The van der Waals surface area contributed by atoms with Crippen molar-refractivity contribution in [2.24, 2.45) is 10.8 Å². The van der Waals surface area contributed by atoms with E-state index >= 15 is 0 Å². The molecule has 24 heteroatoms. The molecular weight excluding hydrogens is 815 g/mol. The SMILES string of the molecule is C=C1NC(=O)C(C)=CN1[C@H]1CC(O)[C@@H](COP(=O)(OCC(COCOC(C)=O)(C(=O)COC)C(=O)OCC)OCC(COCOC(C)=O)(C(=O)OCC)C(=O)OCC)O1. The van der Waals surface area contributed by atoms with Gasteiger partial charge in [-0.15, -0.1) is 0 Å². The summed E-state index contributed by atoms with van der Waals surface area (Å²) in [6, 6.07) is 0. The number of rotatable bonds is 27. The number of hydrogen-bond donors (Lipinski definition) is 2. The largest absolute Gasteiger partial charge is 0.474 e. The lowest BCUT2D eigenvalue weighted by Crippen LogP contribution is -2.50. The maximum absolute atomic E-state index is 14.7. The van der Waals surface area contributed by atoms with Crippen molar-refractivity contribution in [2.75, 3.05) is 80.2 Å². The van der Waals surface area contributed by atoms with Crippen molar-refractivity contribution in [3.8, 4) is 0 Å². The second-order valence-corrected chi connectivity index (χ2v) is 14.4. The average molecular weight is 869 g/mol. The number of methoxy groups -OCH3 is 1. The van der Waals surface area contributed by atoms with Crippen molar-refractivity contribution in [1.29, 1.82) is 0 Å². The Morgan fingerprint density at radius 3 is 1.83 bits per heavy atom. The summed E-state index contributed by atoms with van der Waals surface area (Å²) in [7, 11) is -4.16. The van der Waals surface area contributed by atoms with Crippen molar-refractivity contribution in [2.45, 2.75) is 66.4 Å². The molecule has 0 aliphatic carbocycles. The lowest BCUT2D eigenvalue weighted by Gasteiger charge is -2.33. The molecule has 0 aromatic rings. The molecule has 23 nitrogen and oxygen atoms in total. The van der Waals surface area contributed by atoms with E-state index in [0.717, 1.165) is 21.0 Å². The van der Waals surface area contributed by atoms with E-state index in [1.165, 1.54) is 38.8 Å². The number of phosphoric acid groups is 1. The average Bonchev–Trinajstić information content (AvgIpc) is 3.54. The molecule has 1 saturated heterocycles. The van der Waals surface area contributed by atoms with Gasteiger partial charge < -0.3 is 58.0 Å². The van der Waals surface area contributed by atoms with Crippen LogP contribution in [0, 0.1) is 10.8 Å². The molecule has 1 amide bonds. The number of carbonyl (C=O) groups excluding carboxylic acids is 7. The van der Waals surface area contributed by atoms with E-state index in [1.807, 2.05) is 0 Å². The normalized spacial score (nSPS) is 20.0. The van der Waals surface area contributed by atoms with Gasteiger partial charge in [0.2, 0.25) is 5.41 Å². The molecule has 0 aromatic heterocycles. The molecule has 5 atom stereocenters. The van der Waals surface area contributed by atoms with Crippen LogP contribution in [-0.4, -0.2) is 150 Å². The van der Waals surface area contributed by atoms with Crippen molar-refractivity contribution in [3.63, 3.8) is 0 Å². The third-order valence-electron chi connectivity index (χ3n) is 8.31. The molecule has 2 aliphatic rings. The molecule has 0 saturated carbocycles. The van der Waals surface area contributed by atoms with Gasteiger partial charge in [0, 0.05) is 39.2 Å². The van der Waals surface area contributed by atoms with E-state index in [1.54, 1.807) is 0 Å². The highest BCUT2D eigenvalue weighted by atomic mass is 31.2. The Bertz CT molecular complexity index is 1490. The van der Waals surface area contributed by atoms with Crippen LogP contribution in [0.3, 0.4) is 0 Å². The number of ketones is 1. The fourth-order valence-electron chi connectivity index (χ4n) is 5.14. The van der Waals surface area contributed by atoms with Gasteiger partial charge in [-0.2, -0.15) is 0 Å². The fraction of sp³-hybridized carbons (Fsp3) is 0.686. The number of aliphatic hydroxyl groups is 1. The molecule has 2 N–H and O–H groups in total. The number of hydrogen-bond acceptors (Lipinski definition) is 22. The molecule has 334 valence electrons. The molecule has 0 spiro atoms. The number of esters is 5. The number of nitrogens with zero attached hydrogens (tertiary/aromatic N) is 1. The minimum absolute atomic E-state index is 0.0790. The monoisotopic (exact) mass is 868 g/mol. The maximum atomic E-state index is 14.7. The number of nitrogens with one attached hydrogen (secondary N) is 1. The van der Waals surface area contributed by atoms with Gasteiger partial charge in [-0.1, -0.05) is 6.58 Å². The second-order valence-electron chi connectivity index (χ2n) is 12.7. The Kier molecular flexibility index (Phi) is 20.7. The molecule has 0 radical (unpaired) electrons. The van der Waals surface area contributed by atoms with E-state index in [0.29, 0.717) is 5.57 Å². The number of Topliss-reactive ketones (excluding diaryl/α,β-unsaturated/α-hetero) is 1. The second kappa shape index (κ2) is 24.1. The van der Waals surface area contributed by atoms with Crippen LogP contribution in [0.5, 0.6) is 0 Å². The van der Waals surface area contributed by atoms with Crippen molar-refractivity contribution in [1.82, 2.24) is 10.2 Å². The number of aliphatic hydroxyl groups excluding tert-OH is 1. The number of phosphoric ester groups is 1. The zero-order valence-corrected chi connectivity index (χ0v) is 34.9. The molecule has 59 heavy (non-hydrogen) atoms. The summed E-state index contributed by atoms with van der Waals surface area (Å²) >= 11 is 0. The lowest BCUT2D eigenvalue weighted by molar-refractivity contribution is -0.185. The summed E-state index contributed by atoms with van der Waals surface area (Å²) in [6.45, 7) is 3.65. The van der Waals surface area contributed by atoms with Gasteiger partial charge >= 0.3 is 37.7 Å². The predicted molar refractivity (Wildman–Crippen MR) is 194 cm³/mol. The summed E-state index contributed by atoms with van der Waals surface area (Å²) < 4.78 is 78.0. The summed E-state index contributed by atoms with van der Waals surface area (Å²) in [5, 5.41) is 13.5. The Hall–Kier alpha value is -4.32. The van der Waals surface area contributed by atoms with Crippen LogP contribution >= 0.6 is 7.82 Å². The summed E-state index contributed by atoms with van der Waals surface area (Å²) in [6.07, 6.45) is -2.15. The molecule has 1 fully saturated rings. The van der Waals surface area contributed by atoms with Gasteiger partial charge in [0.25, 0.3) is 5.91 Å². The van der Waals surface area contributed by atoms with Crippen LogP contribution in [0.1, 0.15) is 48.0 Å². The molecule has 2 heterocycles. The van der Waals surface area contributed by atoms with E-state index in [-0.39, 0.29) is 32.1 Å². The van der Waals surface area contributed by atoms with Crippen LogP contribution in [0.15, 0.2) is 24.2 Å². The Morgan fingerprint density at radius 1 is 0.847 bits per heavy atom. The Morgan fingerprint density at radius 2 is 1.34 bits per heavy atom. The Labute approximate surface area is 340 Å². The van der Waals surface area contributed by atoms with Gasteiger partial charge in [0.15, 0.2) is 24.8 Å². The zero-order valence-electron chi connectivity index (χ0n) is 34.0. The zero-order chi connectivity index (χ0) is 44.4. The predicted octanol–water partition coefficient (Wildman–Crippen LogP) is 0.379.